The van der Waals surface area contributed by atoms with Crippen molar-refractivity contribution >= 4 is 28.0 Å². The fourth-order valence-electron chi connectivity index (χ4n) is 0.508. The first kappa shape index (κ1) is 9.67. The molecule has 0 aliphatic heterocycles. The minimum Gasteiger partial charge on any atom is -0.480 e. The summed E-state index contributed by atoms with van der Waals surface area (Å²) >= 11 is 0.813. The molecule has 0 aromatic carbocycles. The smallest absolute Gasteiger partial charge is 0.312 e. The summed E-state index contributed by atoms with van der Waals surface area (Å²) in [6, 6.07) is 0. The first-order valence-corrected chi connectivity index (χ1v) is 4.36. The van der Waals surface area contributed by atoms with Crippen molar-refractivity contribution in [2.45, 2.75) is 25.2 Å². The number of rotatable bonds is 3. The highest BCUT2D eigenvalue weighted by Gasteiger charge is 2.07. The van der Waals surface area contributed by atoms with Crippen molar-refractivity contribution in [3.8, 4) is 0 Å². The van der Waals surface area contributed by atoms with E-state index in [9.17, 15) is 9.59 Å². The van der Waals surface area contributed by atoms with Crippen LogP contribution in [0.25, 0.3) is 0 Å². The Labute approximate surface area is 68.2 Å². The van der Waals surface area contributed by atoms with Gasteiger partial charge in [0.2, 0.25) is 0 Å². The van der Waals surface area contributed by atoms with E-state index in [1.54, 1.807) is 0 Å². The summed E-state index contributed by atoms with van der Waals surface area (Å²) in [6.45, 7) is 3.18. The van der Waals surface area contributed by atoms with E-state index >= 15 is 0 Å². The van der Waals surface area contributed by atoms with Crippen LogP contribution in [0.4, 0.5) is 0 Å². The van der Waals surface area contributed by atoms with Crippen LogP contribution in [0.15, 0.2) is 0 Å². The number of carbonyl (C=O) groups is 2. The Balaban J connectivity index is 3.54. The molecule has 0 fully saturated rings. The van der Waals surface area contributed by atoms with Gasteiger partial charge in [-0.2, -0.15) is 0 Å². The fourth-order valence-corrected chi connectivity index (χ4v) is 0.771. The quantitative estimate of drug-likeness (QED) is 0.315. The molecule has 3 nitrogen and oxygen atoms in total. The zero-order valence-electron chi connectivity index (χ0n) is 6.51. The lowest BCUT2D eigenvalue weighted by Crippen LogP contribution is -2.16. The summed E-state index contributed by atoms with van der Waals surface area (Å²) in [4.78, 5) is 21.0. The van der Waals surface area contributed by atoms with Gasteiger partial charge in [0.05, 0.1) is 0 Å². The average Bonchev–Trinajstić information content (AvgIpc) is 1.58. The third-order valence-corrected chi connectivity index (χ3v) is 0.996. The van der Waals surface area contributed by atoms with Gasteiger partial charge in [0, 0.05) is 4.97 Å². The van der Waals surface area contributed by atoms with E-state index in [-0.39, 0.29) is 17.2 Å². The maximum absolute atomic E-state index is 10.6. The van der Waals surface area contributed by atoms with Crippen molar-refractivity contribution in [1.29, 1.82) is 0 Å². The van der Waals surface area contributed by atoms with E-state index in [2.05, 4.69) is 0 Å². The number of hydrogen-bond acceptors (Lipinski definition) is 3. The van der Waals surface area contributed by atoms with Gasteiger partial charge in [-0.25, -0.2) is 0 Å². The first-order valence-electron chi connectivity index (χ1n) is 3.21. The number of ether oxygens (including phenoxy) is 1. The Kier molecular flexibility index (Phi) is 4.34. The molecule has 10 heavy (non-hydrogen) atoms. The lowest BCUT2D eigenvalue weighted by molar-refractivity contribution is -0.146. The van der Waals surface area contributed by atoms with E-state index < -0.39 is 5.97 Å². The topological polar surface area (TPSA) is 43.4 Å². The maximum Gasteiger partial charge on any atom is 0.312 e. The summed E-state index contributed by atoms with van der Waals surface area (Å²) in [5.41, 5.74) is 0. The zero-order chi connectivity index (χ0) is 8.15. The van der Waals surface area contributed by atoms with Crippen LogP contribution in [0.3, 0.4) is 0 Å². The first-order chi connectivity index (χ1) is 4.52. The van der Waals surface area contributed by atoms with Crippen molar-refractivity contribution in [1.82, 2.24) is 0 Å². The van der Waals surface area contributed by atoms with E-state index in [1.165, 1.54) is 6.92 Å². The van der Waals surface area contributed by atoms with E-state index in [1.807, 2.05) is 6.92 Å². The number of hydrogen-bond donors (Lipinski definition) is 0. The van der Waals surface area contributed by atoms with Crippen molar-refractivity contribution in [2.75, 3.05) is 0 Å². The van der Waals surface area contributed by atoms with Crippen LogP contribution in [0.2, 0.25) is 0 Å². The summed E-state index contributed by atoms with van der Waals surface area (Å²) in [5.74, 6) is -0.553. The second kappa shape index (κ2) is 4.48. The number of esters is 1. The minimum absolute atomic E-state index is 0.00634. The van der Waals surface area contributed by atoms with Gasteiger partial charge in [-0.1, -0.05) is 0 Å². The molecule has 0 radical (unpaired) electrons. The second-order valence-electron chi connectivity index (χ2n) is 2.42. The Hall–Kier alpha value is -0.328. The van der Waals surface area contributed by atoms with Crippen molar-refractivity contribution in [2.24, 2.45) is 0 Å². The summed E-state index contributed by atoms with van der Waals surface area (Å²) in [6.07, 6.45) is -0.0907. The van der Waals surface area contributed by atoms with E-state index in [4.69, 9.17) is 4.74 Å². The van der Waals surface area contributed by atoms with E-state index in [0.717, 1.165) is 16.3 Å². The fraction of sp³-hybridized carbons (Fsp3) is 0.667. The van der Waals surface area contributed by atoms with Crippen LogP contribution < -0.4 is 0 Å². The lowest BCUT2D eigenvalue weighted by atomic mass is 10.3. The normalized spacial score (nSPS) is 12.2. The molecule has 0 heterocycles. The molecule has 0 saturated heterocycles. The van der Waals surface area contributed by atoms with Gasteiger partial charge < -0.3 is 4.74 Å². The molecule has 4 heteroatoms. The molecule has 0 aromatic heterocycles. The molecule has 0 aromatic rings. The van der Waals surface area contributed by atoms with Crippen LogP contribution in [0.5, 0.6) is 0 Å². The van der Waals surface area contributed by atoms with Crippen molar-refractivity contribution in [3.63, 3.8) is 0 Å². The molecule has 0 bridgehead atoms. The molecule has 1 atom stereocenters. The zero-order valence-corrected chi connectivity index (χ0v) is 8.51. The van der Waals surface area contributed by atoms with Crippen LogP contribution in [-0.4, -0.2) is 33.0 Å². The molecule has 0 N–H and O–H groups in total. The van der Waals surface area contributed by atoms with Gasteiger partial charge in [0.15, 0.2) is 0 Å². The molecule has 0 spiro atoms. The largest absolute Gasteiger partial charge is 0.480 e. The maximum atomic E-state index is 10.6. The number of carbonyl (C=O) groups excluding carboxylic acids is 2. The SMILES string of the molecule is CC(=O)CC(=O)O[CH](C)[AlH2]. The lowest BCUT2D eigenvalue weighted by Gasteiger charge is -2.05. The predicted molar refractivity (Wildman–Crippen MR) is 39.4 cm³/mol. The van der Waals surface area contributed by atoms with Crippen LogP contribution in [0, 0.1) is 0 Å². The van der Waals surface area contributed by atoms with Gasteiger partial charge >= 0.3 is 5.97 Å². The predicted octanol–water partition coefficient (Wildman–Crippen LogP) is -0.512. The monoisotopic (exact) mass is 158 g/mol. The summed E-state index contributed by atoms with van der Waals surface area (Å²) < 4.78 is 4.76. The molecule has 0 aliphatic rings. The van der Waals surface area contributed by atoms with Gasteiger partial charge in [-0.3, -0.25) is 9.59 Å². The van der Waals surface area contributed by atoms with Crippen LogP contribution in [0.1, 0.15) is 20.3 Å². The van der Waals surface area contributed by atoms with E-state index in [0.29, 0.717) is 0 Å². The standard InChI is InChI=1S/C6H9O3.Al.2H/c1-3-9-6(8)4-5(2)7;;;/h3H,4H2,1-2H3;;;. The highest BCUT2D eigenvalue weighted by Crippen LogP contribution is 1.90. The molecule has 0 rings (SSSR count). The summed E-state index contributed by atoms with van der Waals surface area (Å²) in [7, 11) is 0. The number of Topliss-reactive ketones (excluding diaryl/α,β-unsaturated/α-hetero) is 1. The highest BCUT2D eigenvalue weighted by molar-refractivity contribution is 6.11. The second-order valence-corrected chi connectivity index (χ2v) is 4.04. The van der Waals surface area contributed by atoms with Crippen LogP contribution in [-0.2, 0) is 14.3 Å². The van der Waals surface area contributed by atoms with Gasteiger partial charge in [0.25, 0.3) is 16.3 Å². The van der Waals surface area contributed by atoms with Crippen molar-refractivity contribution in [3.05, 3.63) is 0 Å². The Bertz CT molecular complexity index is 142. The highest BCUT2D eigenvalue weighted by atomic mass is 27.0. The molecule has 0 aliphatic carbocycles. The molecule has 0 amide bonds. The van der Waals surface area contributed by atoms with Gasteiger partial charge in [-0.05, 0) is 13.8 Å². The number of ketones is 1. The Morgan fingerprint density at radius 1 is 1.60 bits per heavy atom. The molecule has 56 valence electrons. The van der Waals surface area contributed by atoms with Gasteiger partial charge in [-0.15, -0.1) is 0 Å². The third-order valence-electron chi connectivity index (χ3n) is 0.760. The molecule has 0 saturated carbocycles. The summed E-state index contributed by atoms with van der Waals surface area (Å²) in [5, 5.41) is 0. The minimum atomic E-state index is -0.407. The molecular formula is C6H11AlO3. The molecule has 1 unspecified atom stereocenters. The average molecular weight is 158 g/mol. The van der Waals surface area contributed by atoms with Gasteiger partial charge in [0.1, 0.15) is 12.2 Å². The third kappa shape index (κ3) is 5.80. The molecular weight excluding hydrogens is 147 g/mol. The Morgan fingerprint density at radius 3 is 2.40 bits per heavy atom. The van der Waals surface area contributed by atoms with Crippen molar-refractivity contribution < 1.29 is 14.3 Å². The van der Waals surface area contributed by atoms with Crippen LogP contribution >= 0.6 is 0 Å². The Morgan fingerprint density at radius 2 is 2.10 bits per heavy atom.